The number of carbonyl (C=O) groups excluding carboxylic acids is 1. The summed E-state index contributed by atoms with van der Waals surface area (Å²) in [5.74, 6) is 0.495. The fourth-order valence-corrected chi connectivity index (χ4v) is 3.12. The fourth-order valence-electron chi connectivity index (χ4n) is 2.83. The van der Waals surface area contributed by atoms with Crippen LogP contribution in [0.25, 0.3) is 0 Å². The minimum absolute atomic E-state index is 0.0134. The van der Waals surface area contributed by atoms with Crippen molar-refractivity contribution in [3.05, 3.63) is 22.8 Å². The molecule has 26 heavy (non-hydrogen) atoms. The zero-order chi connectivity index (χ0) is 19.5. The van der Waals surface area contributed by atoms with Gasteiger partial charge in [-0.15, -0.1) is 0 Å². The summed E-state index contributed by atoms with van der Waals surface area (Å²) in [6.07, 6.45) is -2.65. The van der Waals surface area contributed by atoms with Gasteiger partial charge in [-0.05, 0) is 26.3 Å². The van der Waals surface area contributed by atoms with Crippen LogP contribution in [0.2, 0.25) is 5.02 Å². The number of anilines is 1. The van der Waals surface area contributed by atoms with Crippen LogP contribution in [0.3, 0.4) is 0 Å². The second-order valence-corrected chi connectivity index (χ2v) is 7.69. The summed E-state index contributed by atoms with van der Waals surface area (Å²) in [4.78, 5) is 17.9. The lowest BCUT2D eigenvalue weighted by atomic mass is 10.0. The Kier molecular flexibility index (Phi) is 6.39. The smallest absolute Gasteiger partial charge is 0.346 e. The molecule has 1 aromatic heterocycles. The molecule has 1 amide bonds. The lowest BCUT2D eigenvalue weighted by molar-refractivity contribution is -0.892. The number of nitrogens with one attached hydrogen (secondary N) is 3. The molecule has 2 rings (SSSR count). The molecule has 3 N–H and O–H groups in total. The summed E-state index contributed by atoms with van der Waals surface area (Å²) in [7, 11) is 0. The molecular weight excluding hydrogens is 369 g/mol. The molecule has 5 nitrogen and oxygen atoms in total. The highest BCUT2D eigenvalue weighted by atomic mass is 35.5. The number of piperazine rings is 1. The zero-order valence-electron chi connectivity index (χ0n) is 15.3. The van der Waals surface area contributed by atoms with E-state index in [-0.39, 0.29) is 16.5 Å². The Morgan fingerprint density at radius 2 is 1.96 bits per heavy atom. The van der Waals surface area contributed by atoms with E-state index in [1.165, 1.54) is 0 Å². The number of H-pyrrole nitrogens is 1. The van der Waals surface area contributed by atoms with Gasteiger partial charge in [0.1, 0.15) is 37.4 Å². The van der Waals surface area contributed by atoms with Gasteiger partial charge in [0.25, 0.3) is 11.7 Å². The standard InChI is InChI=1S/C17H24ClF3N4O/c1-4-16(2,3)23-14(26)11-24-5-7-25(8-6-24)15-13(18)9-12(10-22-15)17(19,20)21/h9-10H,4-8,11H2,1-3H3,(H,23,26)/p+2. The number of rotatable bonds is 5. The number of aromatic nitrogens is 1. The molecule has 0 aliphatic carbocycles. The van der Waals surface area contributed by atoms with Crippen molar-refractivity contribution in [2.75, 3.05) is 37.6 Å². The molecule has 0 bridgehead atoms. The first-order valence-electron chi connectivity index (χ1n) is 8.70. The maximum Gasteiger partial charge on any atom is 0.419 e. The minimum Gasteiger partial charge on any atom is -0.346 e. The highest BCUT2D eigenvalue weighted by Crippen LogP contribution is 2.31. The van der Waals surface area contributed by atoms with Crippen LogP contribution in [0, 0.1) is 0 Å². The summed E-state index contributed by atoms with van der Waals surface area (Å²) < 4.78 is 38.2. The van der Waals surface area contributed by atoms with Gasteiger partial charge in [0.05, 0.1) is 5.56 Å². The van der Waals surface area contributed by atoms with E-state index in [2.05, 4.69) is 10.3 Å². The van der Waals surface area contributed by atoms with E-state index >= 15 is 0 Å². The van der Waals surface area contributed by atoms with Crippen LogP contribution in [-0.2, 0) is 11.0 Å². The largest absolute Gasteiger partial charge is 0.419 e. The predicted octanol–water partition coefficient (Wildman–Crippen LogP) is 1.18. The Labute approximate surface area is 156 Å². The summed E-state index contributed by atoms with van der Waals surface area (Å²) in [5, 5.41) is 3.07. The molecule has 0 spiro atoms. The third-order valence-electron chi connectivity index (χ3n) is 4.76. The first-order chi connectivity index (χ1) is 12.0. The highest BCUT2D eigenvalue weighted by Gasteiger charge is 2.35. The van der Waals surface area contributed by atoms with Gasteiger partial charge in [0.2, 0.25) is 0 Å². The number of nitrogens with zero attached hydrogens (tertiary/aromatic N) is 1. The Morgan fingerprint density at radius 3 is 2.46 bits per heavy atom. The van der Waals surface area contributed by atoms with Gasteiger partial charge in [0.15, 0.2) is 6.54 Å². The maximum absolute atomic E-state index is 12.7. The number of aromatic amines is 1. The molecule has 1 fully saturated rings. The third kappa shape index (κ3) is 5.48. The summed E-state index contributed by atoms with van der Waals surface area (Å²) >= 11 is 6.03. The Balaban J connectivity index is 1.91. The van der Waals surface area contributed by atoms with E-state index in [9.17, 15) is 18.0 Å². The van der Waals surface area contributed by atoms with E-state index in [4.69, 9.17) is 11.6 Å². The zero-order valence-corrected chi connectivity index (χ0v) is 16.0. The molecule has 1 aromatic rings. The van der Waals surface area contributed by atoms with Crippen molar-refractivity contribution in [2.24, 2.45) is 0 Å². The number of amides is 1. The van der Waals surface area contributed by atoms with Crippen molar-refractivity contribution in [1.29, 1.82) is 0 Å². The number of halogens is 4. The van der Waals surface area contributed by atoms with Crippen molar-refractivity contribution >= 4 is 23.3 Å². The summed E-state index contributed by atoms with van der Waals surface area (Å²) in [6.45, 7) is 9.04. The van der Waals surface area contributed by atoms with Crippen molar-refractivity contribution in [2.45, 2.75) is 38.9 Å². The predicted molar refractivity (Wildman–Crippen MR) is 93.3 cm³/mol. The molecule has 0 unspecified atom stereocenters. The van der Waals surface area contributed by atoms with Crippen molar-refractivity contribution < 1.29 is 27.8 Å². The molecular formula is C17H26ClF3N4O+2. The molecule has 9 heteroatoms. The average Bonchev–Trinajstić information content (AvgIpc) is 2.54. The van der Waals surface area contributed by atoms with Gasteiger partial charge in [0, 0.05) is 5.54 Å². The van der Waals surface area contributed by atoms with Crippen molar-refractivity contribution in [1.82, 2.24) is 5.32 Å². The Bertz CT molecular complexity index is 643. The SMILES string of the molecule is CCC(C)(C)NC(=O)C[NH+]1CCN(c2[nH+]cc(C(F)(F)F)cc2Cl)CC1. The maximum atomic E-state index is 12.7. The van der Waals surface area contributed by atoms with Gasteiger partial charge in [-0.25, -0.2) is 9.88 Å². The monoisotopic (exact) mass is 394 g/mol. The molecule has 0 radical (unpaired) electrons. The van der Waals surface area contributed by atoms with Crippen molar-refractivity contribution in [3.8, 4) is 0 Å². The first-order valence-corrected chi connectivity index (χ1v) is 9.07. The van der Waals surface area contributed by atoms with Crippen LogP contribution in [-0.4, -0.2) is 44.2 Å². The van der Waals surface area contributed by atoms with Crippen LogP contribution in [0.4, 0.5) is 19.0 Å². The number of alkyl halides is 3. The minimum atomic E-state index is -4.43. The van der Waals surface area contributed by atoms with E-state index in [0.717, 1.165) is 23.6 Å². The molecule has 1 aliphatic heterocycles. The van der Waals surface area contributed by atoms with Crippen LogP contribution in [0.1, 0.15) is 32.8 Å². The molecule has 2 heterocycles. The lowest BCUT2D eigenvalue weighted by Crippen LogP contribution is -3.16. The van der Waals surface area contributed by atoms with E-state index in [1.807, 2.05) is 25.7 Å². The van der Waals surface area contributed by atoms with Crippen LogP contribution in [0.15, 0.2) is 12.3 Å². The molecule has 1 saturated heterocycles. The summed E-state index contributed by atoms with van der Waals surface area (Å²) in [5.41, 5.74) is -1.02. The van der Waals surface area contributed by atoms with Gasteiger partial charge in [-0.3, -0.25) is 4.79 Å². The molecule has 0 aromatic carbocycles. The summed E-state index contributed by atoms with van der Waals surface area (Å²) in [6, 6.07) is 0.937. The van der Waals surface area contributed by atoms with Crippen LogP contribution < -0.4 is 20.1 Å². The average molecular weight is 395 g/mol. The number of pyridine rings is 1. The van der Waals surface area contributed by atoms with Gasteiger partial charge < -0.3 is 10.2 Å². The Hall–Kier alpha value is -1.54. The quantitative estimate of drug-likeness (QED) is 0.788. The van der Waals surface area contributed by atoms with Crippen LogP contribution >= 0.6 is 11.6 Å². The van der Waals surface area contributed by atoms with Crippen molar-refractivity contribution in [3.63, 3.8) is 0 Å². The third-order valence-corrected chi connectivity index (χ3v) is 5.05. The number of carbonyl (C=O) groups is 1. The van der Waals surface area contributed by atoms with Gasteiger partial charge >= 0.3 is 6.18 Å². The van der Waals surface area contributed by atoms with E-state index < -0.39 is 11.7 Å². The molecule has 0 atom stereocenters. The molecule has 146 valence electrons. The second-order valence-electron chi connectivity index (χ2n) is 7.28. The van der Waals surface area contributed by atoms with Gasteiger partial charge in [-0.1, -0.05) is 18.5 Å². The number of hydrogen-bond acceptors (Lipinski definition) is 2. The lowest BCUT2D eigenvalue weighted by Gasteiger charge is -2.30. The van der Waals surface area contributed by atoms with E-state index in [1.54, 1.807) is 0 Å². The number of hydrogen-bond donors (Lipinski definition) is 2. The Morgan fingerprint density at radius 1 is 1.35 bits per heavy atom. The van der Waals surface area contributed by atoms with E-state index in [0.29, 0.717) is 38.5 Å². The number of quaternary nitrogens is 1. The normalized spacial score (nSPS) is 16.7. The van der Waals surface area contributed by atoms with Crippen LogP contribution in [0.5, 0.6) is 0 Å². The highest BCUT2D eigenvalue weighted by molar-refractivity contribution is 6.32. The second kappa shape index (κ2) is 8.00. The first kappa shape index (κ1) is 20.8. The topological polar surface area (TPSA) is 50.9 Å². The van der Waals surface area contributed by atoms with Gasteiger partial charge in [-0.2, -0.15) is 13.2 Å². The molecule has 1 aliphatic rings. The molecule has 0 saturated carbocycles. The fraction of sp³-hybridized carbons (Fsp3) is 0.647.